The zero-order valence-corrected chi connectivity index (χ0v) is 14.1. The number of rotatable bonds is 5. The number of benzene rings is 1. The molecule has 0 aliphatic heterocycles. The van der Waals surface area contributed by atoms with Crippen LogP contribution in [0.1, 0.15) is 24.1 Å². The van der Waals surface area contributed by atoms with Crippen molar-refractivity contribution in [1.29, 1.82) is 0 Å². The Morgan fingerprint density at radius 3 is 2.50 bits per heavy atom. The molecule has 124 valence electrons. The van der Waals surface area contributed by atoms with E-state index in [0.717, 1.165) is 24.1 Å². The first-order valence-electron chi connectivity index (χ1n) is 8.09. The number of hydrogen-bond donors (Lipinski definition) is 2. The third-order valence-corrected chi connectivity index (χ3v) is 4.89. The maximum atomic E-state index is 12.4. The third kappa shape index (κ3) is 4.32. The van der Waals surface area contributed by atoms with Gasteiger partial charge in [-0.15, -0.1) is 11.3 Å². The lowest BCUT2D eigenvalue weighted by Gasteiger charge is -2.19. The van der Waals surface area contributed by atoms with E-state index < -0.39 is 0 Å². The van der Waals surface area contributed by atoms with Crippen molar-refractivity contribution in [3.05, 3.63) is 58.8 Å². The van der Waals surface area contributed by atoms with Gasteiger partial charge in [0.2, 0.25) is 11.8 Å². The van der Waals surface area contributed by atoms with Gasteiger partial charge in [0.05, 0.1) is 17.8 Å². The minimum Gasteiger partial charge on any atom is -0.324 e. The molecule has 2 aromatic rings. The van der Waals surface area contributed by atoms with Crippen LogP contribution in [0.5, 0.6) is 0 Å². The molecule has 0 radical (unpaired) electrons. The van der Waals surface area contributed by atoms with Gasteiger partial charge >= 0.3 is 0 Å². The normalized spacial score (nSPS) is 16.6. The average molecular weight is 340 g/mol. The number of hydrogen-bond acceptors (Lipinski definition) is 3. The summed E-state index contributed by atoms with van der Waals surface area (Å²) in [5, 5.41) is 7.81. The molecule has 0 spiro atoms. The molecule has 1 aromatic heterocycles. The summed E-state index contributed by atoms with van der Waals surface area (Å²) in [7, 11) is 0. The van der Waals surface area contributed by atoms with E-state index in [-0.39, 0.29) is 17.7 Å². The molecule has 2 N–H and O–H groups in total. The lowest BCUT2D eigenvalue weighted by molar-refractivity contribution is -0.120. The second-order valence-electron chi connectivity index (χ2n) is 5.82. The van der Waals surface area contributed by atoms with Crippen molar-refractivity contribution in [1.82, 2.24) is 0 Å². The van der Waals surface area contributed by atoms with Gasteiger partial charge in [-0.05, 0) is 42.8 Å². The molecule has 2 amide bonds. The molecule has 0 saturated carbocycles. The summed E-state index contributed by atoms with van der Waals surface area (Å²) in [5.41, 5.74) is 1.29. The zero-order valence-electron chi connectivity index (χ0n) is 13.3. The molecule has 0 fully saturated rings. The number of carbonyl (C=O) groups is 2. The molecular formula is C19H20N2O2S. The Morgan fingerprint density at radius 1 is 1.04 bits per heavy atom. The molecular weight excluding hydrogens is 320 g/mol. The standard InChI is InChI=1S/C19H20N2O2S/c22-18(13-15-9-6-12-24-15)20-16-10-4-5-11-17(16)21-19(23)14-7-2-1-3-8-14/h1-2,4-6,9-12,14H,3,7-8,13H2,(H,20,22)(H,21,23). The predicted octanol–water partition coefficient (Wildman–Crippen LogP) is 4.22. The maximum absolute atomic E-state index is 12.4. The van der Waals surface area contributed by atoms with Crippen molar-refractivity contribution in [2.24, 2.45) is 5.92 Å². The first-order chi connectivity index (χ1) is 11.7. The molecule has 1 aliphatic carbocycles. The van der Waals surface area contributed by atoms with Gasteiger partial charge in [0.15, 0.2) is 0 Å². The van der Waals surface area contributed by atoms with Crippen LogP contribution in [0.3, 0.4) is 0 Å². The molecule has 5 heteroatoms. The monoisotopic (exact) mass is 340 g/mol. The fraction of sp³-hybridized carbons (Fsp3) is 0.263. The van der Waals surface area contributed by atoms with Crippen molar-refractivity contribution in [2.75, 3.05) is 10.6 Å². The minimum absolute atomic E-state index is 0.00452. The van der Waals surface area contributed by atoms with Crippen molar-refractivity contribution in [3.63, 3.8) is 0 Å². The quantitative estimate of drug-likeness (QED) is 0.801. The summed E-state index contributed by atoms with van der Waals surface area (Å²) >= 11 is 1.56. The van der Waals surface area contributed by atoms with E-state index >= 15 is 0 Å². The largest absolute Gasteiger partial charge is 0.324 e. The van der Waals surface area contributed by atoms with E-state index in [1.54, 1.807) is 11.3 Å². The summed E-state index contributed by atoms with van der Waals surface area (Å²) in [6.45, 7) is 0. The molecule has 24 heavy (non-hydrogen) atoms. The van der Waals surface area contributed by atoms with Crippen LogP contribution in [0.2, 0.25) is 0 Å². The van der Waals surface area contributed by atoms with Crippen molar-refractivity contribution < 1.29 is 9.59 Å². The average Bonchev–Trinajstić information content (AvgIpc) is 3.10. The van der Waals surface area contributed by atoms with Crippen LogP contribution in [0.4, 0.5) is 11.4 Å². The highest BCUT2D eigenvalue weighted by Crippen LogP contribution is 2.25. The lowest BCUT2D eigenvalue weighted by Crippen LogP contribution is -2.24. The van der Waals surface area contributed by atoms with Crippen LogP contribution in [0.15, 0.2) is 53.9 Å². The number of para-hydroxylation sites is 2. The van der Waals surface area contributed by atoms with Crippen LogP contribution >= 0.6 is 11.3 Å². The number of carbonyl (C=O) groups excluding carboxylic acids is 2. The number of thiophene rings is 1. The molecule has 0 bridgehead atoms. The van der Waals surface area contributed by atoms with E-state index in [1.807, 2.05) is 41.8 Å². The Kier molecular flexibility index (Phi) is 5.43. The molecule has 3 rings (SSSR count). The van der Waals surface area contributed by atoms with Crippen LogP contribution in [0, 0.1) is 5.92 Å². The van der Waals surface area contributed by atoms with Crippen LogP contribution in [-0.4, -0.2) is 11.8 Å². The SMILES string of the molecule is O=C(Cc1cccs1)Nc1ccccc1NC(=O)C1CC=CCC1. The second-order valence-corrected chi connectivity index (χ2v) is 6.85. The van der Waals surface area contributed by atoms with Crippen LogP contribution < -0.4 is 10.6 Å². The summed E-state index contributed by atoms with van der Waals surface area (Å²) in [5.74, 6) is -0.0658. The maximum Gasteiger partial charge on any atom is 0.229 e. The number of anilines is 2. The fourth-order valence-electron chi connectivity index (χ4n) is 2.73. The van der Waals surface area contributed by atoms with E-state index in [4.69, 9.17) is 0 Å². The second kappa shape index (κ2) is 7.93. The predicted molar refractivity (Wildman–Crippen MR) is 98.2 cm³/mol. The van der Waals surface area contributed by atoms with Gasteiger partial charge in [-0.1, -0.05) is 30.4 Å². The number of nitrogens with one attached hydrogen (secondary N) is 2. The molecule has 1 aromatic carbocycles. The summed E-state index contributed by atoms with van der Waals surface area (Å²) in [6, 6.07) is 11.2. The van der Waals surface area contributed by atoms with E-state index in [2.05, 4.69) is 22.8 Å². The highest BCUT2D eigenvalue weighted by Gasteiger charge is 2.19. The smallest absolute Gasteiger partial charge is 0.229 e. The third-order valence-electron chi connectivity index (χ3n) is 4.01. The van der Waals surface area contributed by atoms with Gasteiger partial charge < -0.3 is 10.6 Å². The minimum atomic E-state index is -0.0836. The molecule has 1 unspecified atom stereocenters. The van der Waals surface area contributed by atoms with E-state index in [0.29, 0.717) is 17.8 Å². The Bertz CT molecular complexity index is 738. The Balaban J connectivity index is 1.65. The molecule has 1 atom stereocenters. The van der Waals surface area contributed by atoms with Gasteiger partial charge in [0.25, 0.3) is 0 Å². The molecule has 0 saturated heterocycles. The van der Waals surface area contributed by atoms with E-state index in [1.165, 1.54) is 0 Å². The van der Waals surface area contributed by atoms with Crippen molar-refractivity contribution in [3.8, 4) is 0 Å². The van der Waals surface area contributed by atoms with E-state index in [9.17, 15) is 9.59 Å². The van der Waals surface area contributed by atoms with Crippen molar-refractivity contribution >= 4 is 34.5 Å². The number of amides is 2. The van der Waals surface area contributed by atoms with Crippen molar-refractivity contribution in [2.45, 2.75) is 25.7 Å². The van der Waals surface area contributed by atoms with Gasteiger partial charge in [0.1, 0.15) is 0 Å². The zero-order chi connectivity index (χ0) is 16.8. The molecule has 1 heterocycles. The highest BCUT2D eigenvalue weighted by atomic mass is 32.1. The fourth-order valence-corrected chi connectivity index (χ4v) is 3.44. The molecule has 1 aliphatic rings. The van der Waals surface area contributed by atoms with Gasteiger partial charge in [0, 0.05) is 10.8 Å². The molecule has 4 nitrogen and oxygen atoms in total. The van der Waals surface area contributed by atoms with Gasteiger partial charge in [-0.3, -0.25) is 9.59 Å². The Morgan fingerprint density at radius 2 is 1.83 bits per heavy atom. The lowest BCUT2D eigenvalue weighted by atomic mass is 9.93. The first-order valence-corrected chi connectivity index (χ1v) is 8.97. The number of allylic oxidation sites excluding steroid dienone is 2. The summed E-state index contributed by atoms with van der Waals surface area (Å²) in [6.07, 6.45) is 7.10. The highest BCUT2D eigenvalue weighted by molar-refractivity contribution is 7.10. The van der Waals surface area contributed by atoms with Crippen LogP contribution in [0.25, 0.3) is 0 Å². The van der Waals surface area contributed by atoms with Crippen LogP contribution in [-0.2, 0) is 16.0 Å². The van der Waals surface area contributed by atoms with Gasteiger partial charge in [-0.2, -0.15) is 0 Å². The summed E-state index contributed by atoms with van der Waals surface area (Å²) < 4.78 is 0. The topological polar surface area (TPSA) is 58.2 Å². The first kappa shape index (κ1) is 16.5. The Hall–Kier alpha value is -2.40. The summed E-state index contributed by atoms with van der Waals surface area (Å²) in [4.78, 5) is 25.6. The van der Waals surface area contributed by atoms with Gasteiger partial charge in [-0.25, -0.2) is 0 Å². The Labute approximate surface area is 145 Å².